The standard InChI is InChI=1S/C43H28N2.C37H33BO2.C12H7ClN2/c1-43(2)35-24-27(36-22-20-26-18-17-25-10-9-23-44-41(25)42(26)45-36)19-21-34(35)38-33-16-8-7-15-32(33)37-30-13-5-3-11-28(30)29-12-4-6-14-31(29)39(37)40(38)43;1-35(2)30-21-22(38-39-36(3,4)37(5,6)40-38)19-20-29(30)32-28-18-12-11-17-27(28)31-25-15-9-7-13-23(25)24-14-8-10-16-26(24)33(31)34(32)35;13-10-6-5-9-4-3-8-2-1-7-14-11(8)12(9)15-10/h3-24H,1-2H3;7-21H,1-6H3;1-7H. The first kappa shape index (κ1) is 60.3. The fourth-order valence-electron chi connectivity index (χ4n) is 17.2. The molecule has 2 aliphatic carbocycles. The van der Waals surface area contributed by atoms with E-state index in [0.29, 0.717) is 5.15 Å². The van der Waals surface area contributed by atoms with Gasteiger partial charge in [0.25, 0.3) is 0 Å². The molecule has 21 rings (SSSR count). The molecule has 1 aliphatic heterocycles. The van der Waals surface area contributed by atoms with Crippen molar-refractivity contribution in [3.63, 3.8) is 0 Å². The molecule has 4 aromatic heterocycles. The monoisotopic (exact) mass is 1310 g/mol. The Hall–Kier alpha value is -10.9. The minimum absolute atomic E-state index is 0.210. The molecule has 0 radical (unpaired) electrons. The number of pyridine rings is 4. The van der Waals surface area contributed by atoms with Crippen molar-refractivity contribution in [2.75, 3.05) is 0 Å². The minimum Gasteiger partial charge on any atom is -0.399 e. The molecule has 0 bridgehead atoms. The van der Waals surface area contributed by atoms with E-state index in [2.05, 4.69) is 278 Å². The predicted molar refractivity (Wildman–Crippen MR) is 422 cm³/mol. The molecule has 5 heterocycles. The molecule has 100 heavy (non-hydrogen) atoms. The fraction of sp³-hybridized carbons (Fsp3) is 0.130. The number of hydrogen-bond acceptors (Lipinski definition) is 6. The highest BCUT2D eigenvalue weighted by Crippen LogP contribution is 2.59. The second-order valence-corrected chi connectivity index (χ2v) is 29.8. The van der Waals surface area contributed by atoms with Crippen LogP contribution < -0.4 is 5.46 Å². The van der Waals surface area contributed by atoms with E-state index in [4.69, 9.17) is 30.9 Å². The molecule has 0 atom stereocenters. The predicted octanol–water partition coefficient (Wildman–Crippen LogP) is 23.7. The Bertz CT molecular complexity index is 6580. The van der Waals surface area contributed by atoms with E-state index in [0.717, 1.165) is 60.3 Å². The van der Waals surface area contributed by atoms with Gasteiger partial charge in [0.15, 0.2) is 0 Å². The van der Waals surface area contributed by atoms with Crippen LogP contribution in [0.4, 0.5) is 0 Å². The number of fused-ring (bicyclic) bond motifs is 32. The van der Waals surface area contributed by atoms with Crippen LogP contribution in [0.2, 0.25) is 5.15 Å². The van der Waals surface area contributed by atoms with Crippen LogP contribution in [0.1, 0.15) is 77.6 Å². The Morgan fingerprint density at radius 3 is 1.14 bits per heavy atom. The highest BCUT2D eigenvalue weighted by atomic mass is 35.5. The van der Waals surface area contributed by atoms with Gasteiger partial charge >= 0.3 is 7.12 Å². The molecule has 18 aromatic rings. The summed E-state index contributed by atoms with van der Waals surface area (Å²) in [6.45, 7) is 18.1. The zero-order valence-electron chi connectivity index (χ0n) is 57.0. The van der Waals surface area contributed by atoms with E-state index in [-0.39, 0.29) is 29.2 Å². The number of rotatable bonds is 2. The van der Waals surface area contributed by atoms with Gasteiger partial charge in [0.05, 0.1) is 39.0 Å². The van der Waals surface area contributed by atoms with Crippen molar-refractivity contribution in [2.45, 2.75) is 77.4 Å². The van der Waals surface area contributed by atoms with Gasteiger partial charge in [-0.1, -0.05) is 258 Å². The van der Waals surface area contributed by atoms with Gasteiger partial charge < -0.3 is 9.31 Å². The van der Waals surface area contributed by atoms with Gasteiger partial charge in [-0.3, -0.25) is 9.97 Å². The number of aromatic nitrogens is 4. The second-order valence-electron chi connectivity index (χ2n) is 29.4. The summed E-state index contributed by atoms with van der Waals surface area (Å²) in [5.41, 5.74) is 16.6. The molecule has 1 saturated heterocycles. The number of hydrogen-bond donors (Lipinski definition) is 0. The first-order valence-electron chi connectivity index (χ1n) is 34.7. The van der Waals surface area contributed by atoms with Gasteiger partial charge in [0, 0.05) is 50.3 Å². The molecular formula is C92H68BClN4O2. The third kappa shape index (κ3) is 8.84. The van der Waals surface area contributed by atoms with Crippen molar-refractivity contribution in [3.8, 4) is 33.5 Å². The molecule has 6 nitrogen and oxygen atoms in total. The smallest absolute Gasteiger partial charge is 0.399 e. The van der Waals surface area contributed by atoms with Crippen LogP contribution in [-0.4, -0.2) is 38.3 Å². The largest absolute Gasteiger partial charge is 0.494 e. The molecule has 478 valence electrons. The molecule has 0 amide bonds. The van der Waals surface area contributed by atoms with Crippen molar-refractivity contribution < 1.29 is 9.31 Å². The molecular weight excluding hydrogens is 1240 g/mol. The summed E-state index contributed by atoms with van der Waals surface area (Å²) in [5, 5.41) is 26.1. The molecule has 0 N–H and O–H groups in total. The van der Waals surface area contributed by atoms with Crippen molar-refractivity contribution in [3.05, 3.63) is 295 Å². The first-order chi connectivity index (χ1) is 48.5. The Morgan fingerprint density at radius 2 is 0.680 bits per heavy atom. The van der Waals surface area contributed by atoms with E-state index >= 15 is 0 Å². The Morgan fingerprint density at radius 1 is 0.320 bits per heavy atom. The number of benzene rings is 14. The van der Waals surface area contributed by atoms with Gasteiger partial charge in [0.2, 0.25) is 0 Å². The molecule has 14 aromatic carbocycles. The Kier molecular flexibility index (Phi) is 13.3. The molecule has 3 aliphatic rings. The van der Waals surface area contributed by atoms with Gasteiger partial charge in [-0.15, -0.1) is 0 Å². The SMILES string of the molecule is CC1(C)c2cc(-c3ccc4ccc5cccnc5c4n3)ccc2-c2c1c1c3ccccc3c3ccccc3c1c1ccccc21.CC1(C)c2cc(B3OC(C)(C)C(C)(C)O3)ccc2-c2c1c1c3ccccc3c3ccccc3c1c1ccccc21.Clc1ccc2ccc3cccnc3c2n1. The number of nitrogens with zero attached hydrogens (tertiary/aromatic N) is 4. The van der Waals surface area contributed by atoms with Gasteiger partial charge in [-0.05, 0) is 200 Å². The lowest BCUT2D eigenvalue weighted by Crippen LogP contribution is -2.41. The van der Waals surface area contributed by atoms with E-state index in [1.807, 2.05) is 42.6 Å². The highest BCUT2D eigenvalue weighted by Gasteiger charge is 2.52. The number of halogens is 1. The van der Waals surface area contributed by atoms with E-state index in [1.165, 1.54) is 131 Å². The normalized spacial score (nSPS) is 15.3. The van der Waals surface area contributed by atoms with Crippen LogP contribution >= 0.6 is 11.6 Å². The summed E-state index contributed by atoms with van der Waals surface area (Å²) in [6, 6.07) is 92.0. The maximum Gasteiger partial charge on any atom is 0.494 e. The molecule has 0 saturated carbocycles. The lowest BCUT2D eigenvalue weighted by molar-refractivity contribution is 0.00578. The lowest BCUT2D eigenvalue weighted by atomic mass is 9.73. The first-order valence-corrected chi connectivity index (χ1v) is 35.1. The lowest BCUT2D eigenvalue weighted by Gasteiger charge is -2.32. The molecule has 8 heteroatoms. The summed E-state index contributed by atoms with van der Waals surface area (Å²) < 4.78 is 13.0. The average molecular weight is 1310 g/mol. The third-order valence-corrected chi connectivity index (χ3v) is 22.9. The van der Waals surface area contributed by atoms with Gasteiger partial charge in [0.1, 0.15) is 5.15 Å². The Labute approximate surface area is 585 Å². The second kappa shape index (κ2) is 22.0. The van der Waals surface area contributed by atoms with Gasteiger partial charge in [-0.25, -0.2) is 9.97 Å². The average Bonchev–Trinajstić information content (AvgIpc) is 1.47. The molecule has 0 spiro atoms. The maximum atomic E-state index is 6.48. The van der Waals surface area contributed by atoms with Crippen LogP contribution in [0.15, 0.2) is 267 Å². The van der Waals surface area contributed by atoms with Crippen molar-refractivity contribution >= 4 is 154 Å². The zero-order valence-corrected chi connectivity index (χ0v) is 57.7. The fourth-order valence-corrected chi connectivity index (χ4v) is 17.4. The van der Waals surface area contributed by atoms with Gasteiger partial charge in [-0.2, -0.15) is 0 Å². The third-order valence-electron chi connectivity index (χ3n) is 22.6. The van der Waals surface area contributed by atoms with Crippen LogP contribution in [0.3, 0.4) is 0 Å². The van der Waals surface area contributed by atoms with E-state index < -0.39 is 0 Å². The van der Waals surface area contributed by atoms with Crippen molar-refractivity contribution in [2.24, 2.45) is 0 Å². The van der Waals surface area contributed by atoms with Crippen LogP contribution in [0.25, 0.3) is 163 Å². The summed E-state index contributed by atoms with van der Waals surface area (Å²) >= 11 is 5.88. The molecule has 1 fully saturated rings. The molecule has 0 unspecified atom stereocenters. The maximum absolute atomic E-state index is 6.48. The van der Waals surface area contributed by atoms with E-state index in [9.17, 15) is 0 Å². The van der Waals surface area contributed by atoms with E-state index in [1.54, 1.807) is 12.3 Å². The summed E-state index contributed by atoms with van der Waals surface area (Å²) in [4.78, 5) is 18.5. The minimum atomic E-state index is -0.381. The van der Waals surface area contributed by atoms with Crippen molar-refractivity contribution in [1.82, 2.24) is 19.9 Å². The van der Waals surface area contributed by atoms with Crippen LogP contribution in [-0.2, 0) is 20.1 Å². The Balaban J connectivity index is 0.000000116. The summed E-state index contributed by atoms with van der Waals surface area (Å²) in [5.74, 6) is 0. The van der Waals surface area contributed by atoms with Crippen LogP contribution in [0, 0.1) is 0 Å². The zero-order chi connectivity index (χ0) is 67.7. The quantitative estimate of drug-likeness (QED) is 0.0976. The van der Waals surface area contributed by atoms with Crippen molar-refractivity contribution in [1.29, 1.82) is 0 Å². The summed E-state index contributed by atoms with van der Waals surface area (Å²) in [6.07, 6.45) is 3.62. The van der Waals surface area contributed by atoms with Crippen LogP contribution in [0.5, 0.6) is 0 Å². The highest BCUT2D eigenvalue weighted by molar-refractivity contribution is 6.62. The topological polar surface area (TPSA) is 70.0 Å². The summed E-state index contributed by atoms with van der Waals surface area (Å²) in [7, 11) is -0.381.